The minimum absolute atomic E-state index is 0.209. The SMILES string of the molecule is Cc1nn(-c2ccccc2)c(C)c1CC(=O)N1CCC(Cn2ccnc2C)CC1. The topological polar surface area (TPSA) is 56.0 Å². The molecule has 1 aliphatic heterocycles. The number of para-hydroxylation sites is 1. The van der Waals surface area contributed by atoms with Crippen LogP contribution in [-0.2, 0) is 17.8 Å². The van der Waals surface area contributed by atoms with Gasteiger partial charge in [0.25, 0.3) is 0 Å². The molecule has 0 spiro atoms. The second kappa shape index (κ2) is 8.23. The number of amides is 1. The highest BCUT2D eigenvalue weighted by Gasteiger charge is 2.25. The summed E-state index contributed by atoms with van der Waals surface area (Å²) in [6.07, 6.45) is 6.42. The monoisotopic (exact) mass is 391 g/mol. The summed E-state index contributed by atoms with van der Waals surface area (Å²) in [5, 5.41) is 4.68. The second-order valence-electron chi connectivity index (χ2n) is 8.02. The van der Waals surface area contributed by atoms with Crippen LogP contribution >= 0.6 is 0 Å². The smallest absolute Gasteiger partial charge is 0.227 e. The number of benzene rings is 1. The molecular formula is C23H29N5O. The molecule has 152 valence electrons. The predicted octanol–water partition coefficient (Wildman–Crippen LogP) is 3.48. The zero-order valence-corrected chi connectivity index (χ0v) is 17.5. The minimum atomic E-state index is 0.209. The number of hydrogen-bond donors (Lipinski definition) is 0. The molecule has 3 aromatic rings. The molecule has 6 heteroatoms. The van der Waals surface area contributed by atoms with E-state index in [1.54, 1.807) is 0 Å². The van der Waals surface area contributed by atoms with Gasteiger partial charge >= 0.3 is 0 Å². The van der Waals surface area contributed by atoms with Crippen LogP contribution < -0.4 is 0 Å². The molecule has 0 bridgehead atoms. The Kier molecular flexibility index (Phi) is 5.51. The molecule has 2 aromatic heterocycles. The number of imidazole rings is 1. The van der Waals surface area contributed by atoms with Crippen LogP contribution in [0.15, 0.2) is 42.7 Å². The van der Waals surface area contributed by atoms with E-state index in [1.807, 2.05) is 66.2 Å². The number of likely N-dealkylation sites (tertiary alicyclic amines) is 1. The van der Waals surface area contributed by atoms with Crippen molar-refractivity contribution in [1.82, 2.24) is 24.2 Å². The van der Waals surface area contributed by atoms with E-state index in [2.05, 4.69) is 21.6 Å². The first kappa shape index (κ1) is 19.4. The van der Waals surface area contributed by atoms with Crippen LogP contribution in [0, 0.1) is 26.7 Å². The normalized spacial score (nSPS) is 15.1. The van der Waals surface area contributed by atoms with E-state index in [0.717, 1.165) is 60.9 Å². The molecule has 0 radical (unpaired) electrons. The number of piperidine rings is 1. The van der Waals surface area contributed by atoms with Gasteiger partial charge in [0.2, 0.25) is 5.91 Å². The average molecular weight is 392 g/mol. The Morgan fingerprint density at radius 1 is 1.10 bits per heavy atom. The molecule has 1 saturated heterocycles. The van der Waals surface area contributed by atoms with Gasteiger partial charge in [-0.1, -0.05) is 18.2 Å². The van der Waals surface area contributed by atoms with Crippen molar-refractivity contribution < 1.29 is 4.79 Å². The molecule has 3 heterocycles. The van der Waals surface area contributed by atoms with Gasteiger partial charge in [-0.25, -0.2) is 9.67 Å². The molecular weight excluding hydrogens is 362 g/mol. The molecule has 1 fully saturated rings. The lowest BCUT2D eigenvalue weighted by molar-refractivity contribution is -0.131. The molecule has 0 N–H and O–H groups in total. The zero-order chi connectivity index (χ0) is 20.4. The number of carbonyl (C=O) groups is 1. The summed E-state index contributed by atoms with van der Waals surface area (Å²) in [7, 11) is 0. The van der Waals surface area contributed by atoms with Crippen LogP contribution in [0.25, 0.3) is 5.69 Å². The Bertz CT molecular complexity index is 980. The van der Waals surface area contributed by atoms with E-state index < -0.39 is 0 Å². The molecule has 0 atom stereocenters. The number of rotatable bonds is 5. The highest BCUT2D eigenvalue weighted by molar-refractivity contribution is 5.79. The summed E-state index contributed by atoms with van der Waals surface area (Å²) < 4.78 is 4.16. The summed E-state index contributed by atoms with van der Waals surface area (Å²) in [5.74, 6) is 1.88. The van der Waals surface area contributed by atoms with E-state index in [-0.39, 0.29) is 5.91 Å². The van der Waals surface area contributed by atoms with Gasteiger partial charge in [0, 0.05) is 43.3 Å². The van der Waals surface area contributed by atoms with Gasteiger partial charge in [0.1, 0.15) is 5.82 Å². The molecule has 29 heavy (non-hydrogen) atoms. The highest BCUT2D eigenvalue weighted by atomic mass is 16.2. The van der Waals surface area contributed by atoms with Crippen LogP contribution in [0.5, 0.6) is 0 Å². The maximum atomic E-state index is 13.0. The van der Waals surface area contributed by atoms with Gasteiger partial charge in [-0.3, -0.25) is 4.79 Å². The van der Waals surface area contributed by atoms with Crippen LogP contribution in [0.2, 0.25) is 0 Å². The van der Waals surface area contributed by atoms with Gasteiger partial charge < -0.3 is 9.47 Å². The predicted molar refractivity (Wildman–Crippen MR) is 113 cm³/mol. The van der Waals surface area contributed by atoms with E-state index in [4.69, 9.17) is 0 Å². The van der Waals surface area contributed by atoms with E-state index >= 15 is 0 Å². The molecule has 0 unspecified atom stereocenters. The molecule has 0 aliphatic carbocycles. The Hall–Kier alpha value is -2.89. The van der Waals surface area contributed by atoms with Crippen LogP contribution in [0.4, 0.5) is 0 Å². The Morgan fingerprint density at radius 3 is 2.48 bits per heavy atom. The minimum Gasteiger partial charge on any atom is -0.342 e. The van der Waals surface area contributed by atoms with Gasteiger partial charge in [-0.2, -0.15) is 5.10 Å². The molecule has 1 aromatic carbocycles. The van der Waals surface area contributed by atoms with Gasteiger partial charge in [-0.05, 0) is 51.7 Å². The van der Waals surface area contributed by atoms with E-state index in [1.165, 1.54) is 0 Å². The van der Waals surface area contributed by atoms with Gasteiger partial charge in [0.15, 0.2) is 0 Å². The van der Waals surface area contributed by atoms with Gasteiger partial charge in [-0.15, -0.1) is 0 Å². The van der Waals surface area contributed by atoms with E-state index in [0.29, 0.717) is 12.3 Å². The van der Waals surface area contributed by atoms with Gasteiger partial charge in [0.05, 0.1) is 17.8 Å². The van der Waals surface area contributed by atoms with Crippen molar-refractivity contribution in [2.24, 2.45) is 5.92 Å². The molecule has 4 rings (SSSR count). The van der Waals surface area contributed by atoms with Crippen LogP contribution in [0.1, 0.15) is 35.6 Å². The first-order valence-corrected chi connectivity index (χ1v) is 10.4. The Balaban J connectivity index is 1.38. The third-order valence-electron chi connectivity index (χ3n) is 6.12. The first-order chi connectivity index (χ1) is 14.0. The Labute approximate surface area is 172 Å². The van der Waals surface area contributed by atoms with Crippen molar-refractivity contribution in [3.05, 3.63) is 65.5 Å². The fourth-order valence-electron chi connectivity index (χ4n) is 4.25. The summed E-state index contributed by atoms with van der Waals surface area (Å²) in [6.45, 7) is 8.75. The lowest BCUT2D eigenvalue weighted by Crippen LogP contribution is -2.40. The summed E-state index contributed by atoms with van der Waals surface area (Å²) in [6, 6.07) is 10.1. The van der Waals surface area contributed by atoms with Crippen LogP contribution in [-0.4, -0.2) is 43.2 Å². The van der Waals surface area contributed by atoms with E-state index in [9.17, 15) is 4.79 Å². The quantitative estimate of drug-likeness (QED) is 0.669. The number of nitrogens with zero attached hydrogens (tertiary/aromatic N) is 5. The lowest BCUT2D eigenvalue weighted by atomic mass is 9.96. The number of aryl methyl sites for hydroxylation is 2. The van der Waals surface area contributed by atoms with Crippen molar-refractivity contribution in [2.75, 3.05) is 13.1 Å². The fraction of sp³-hybridized carbons (Fsp3) is 0.435. The summed E-state index contributed by atoms with van der Waals surface area (Å²) in [4.78, 5) is 19.3. The van der Waals surface area contributed by atoms with Crippen molar-refractivity contribution in [3.63, 3.8) is 0 Å². The number of aromatic nitrogens is 4. The van der Waals surface area contributed by atoms with Crippen LogP contribution in [0.3, 0.4) is 0 Å². The van der Waals surface area contributed by atoms with Crippen molar-refractivity contribution >= 4 is 5.91 Å². The maximum absolute atomic E-state index is 13.0. The summed E-state index contributed by atoms with van der Waals surface area (Å²) >= 11 is 0. The first-order valence-electron chi connectivity index (χ1n) is 10.4. The Morgan fingerprint density at radius 2 is 1.83 bits per heavy atom. The maximum Gasteiger partial charge on any atom is 0.227 e. The molecule has 1 amide bonds. The average Bonchev–Trinajstić information content (AvgIpc) is 3.26. The third kappa shape index (κ3) is 4.11. The molecule has 1 aliphatic rings. The standard InChI is InChI=1S/C23H29N5O/c1-17-22(18(2)28(25-17)21-7-5-4-6-8-21)15-23(29)26-12-9-20(10-13-26)16-27-14-11-24-19(27)3/h4-8,11,14,20H,9-10,12-13,15-16H2,1-3H3. The number of carbonyl (C=O) groups excluding carboxylic acids is 1. The third-order valence-corrected chi connectivity index (χ3v) is 6.12. The molecule has 6 nitrogen and oxygen atoms in total. The zero-order valence-electron chi connectivity index (χ0n) is 17.5. The molecule has 0 saturated carbocycles. The van der Waals surface area contributed by atoms with Crippen molar-refractivity contribution in [2.45, 2.75) is 46.6 Å². The lowest BCUT2D eigenvalue weighted by Gasteiger charge is -2.32. The highest BCUT2D eigenvalue weighted by Crippen LogP contribution is 2.23. The fourth-order valence-corrected chi connectivity index (χ4v) is 4.25. The number of hydrogen-bond acceptors (Lipinski definition) is 3. The summed E-state index contributed by atoms with van der Waals surface area (Å²) in [5.41, 5.74) is 4.06. The second-order valence-corrected chi connectivity index (χ2v) is 8.02. The largest absolute Gasteiger partial charge is 0.342 e. The van der Waals surface area contributed by atoms with Crippen molar-refractivity contribution in [1.29, 1.82) is 0 Å². The van der Waals surface area contributed by atoms with Crippen molar-refractivity contribution in [3.8, 4) is 5.69 Å².